The lowest BCUT2D eigenvalue weighted by Crippen LogP contribution is -2.52. The van der Waals surface area contributed by atoms with Crippen LogP contribution in [0.25, 0.3) is 10.8 Å². The number of carbonyl (C=O) groups is 1. The second-order valence-corrected chi connectivity index (χ2v) is 6.56. The van der Waals surface area contributed by atoms with E-state index in [0.29, 0.717) is 0 Å². The predicted octanol–water partition coefficient (Wildman–Crippen LogP) is 4.66. The van der Waals surface area contributed by atoms with Crippen molar-refractivity contribution in [2.45, 2.75) is 38.1 Å². The van der Waals surface area contributed by atoms with Crippen molar-refractivity contribution >= 4 is 32.6 Å². The SMILES string of the molecule is CCC1(NC(=O)c2ccc3cc(Br)ccc3c2)CCC1. The van der Waals surface area contributed by atoms with Crippen molar-refractivity contribution in [1.29, 1.82) is 0 Å². The van der Waals surface area contributed by atoms with Gasteiger partial charge in [-0.2, -0.15) is 0 Å². The minimum atomic E-state index is 0.0474. The molecule has 2 nitrogen and oxygen atoms in total. The van der Waals surface area contributed by atoms with E-state index >= 15 is 0 Å². The summed E-state index contributed by atoms with van der Waals surface area (Å²) in [5, 5.41) is 5.46. The topological polar surface area (TPSA) is 29.1 Å². The Kier molecular flexibility index (Phi) is 3.55. The lowest BCUT2D eigenvalue weighted by molar-refractivity contribution is 0.0820. The molecule has 1 aliphatic rings. The molecule has 1 amide bonds. The zero-order valence-electron chi connectivity index (χ0n) is 11.6. The summed E-state index contributed by atoms with van der Waals surface area (Å²) in [7, 11) is 0. The fraction of sp³-hybridized carbons (Fsp3) is 0.353. The monoisotopic (exact) mass is 331 g/mol. The third-order valence-corrected chi connectivity index (χ3v) is 4.92. The van der Waals surface area contributed by atoms with Crippen LogP contribution >= 0.6 is 15.9 Å². The summed E-state index contributed by atoms with van der Waals surface area (Å²) in [4.78, 5) is 12.4. The van der Waals surface area contributed by atoms with Crippen LogP contribution in [-0.4, -0.2) is 11.4 Å². The van der Waals surface area contributed by atoms with Crippen molar-refractivity contribution in [2.24, 2.45) is 0 Å². The van der Waals surface area contributed by atoms with E-state index in [4.69, 9.17) is 0 Å². The molecule has 0 atom stereocenters. The highest BCUT2D eigenvalue weighted by atomic mass is 79.9. The molecule has 0 radical (unpaired) electrons. The molecule has 2 aromatic carbocycles. The maximum Gasteiger partial charge on any atom is 0.251 e. The quantitative estimate of drug-likeness (QED) is 0.870. The van der Waals surface area contributed by atoms with Gasteiger partial charge in [-0.1, -0.05) is 35.0 Å². The molecule has 0 unspecified atom stereocenters. The summed E-state index contributed by atoms with van der Waals surface area (Å²) >= 11 is 3.47. The van der Waals surface area contributed by atoms with E-state index in [1.54, 1.807) is 0 Å². The van der Waals surface area contributed by atoms with Crippen LogP contribution in [0.15, 0.2) is 40.9 Å². The van der Waals surface area contributed by atoms with Crippen LogP contribution in [0.3, 0.4) is 0 Å². The number of hydrogen-bond acceptors (Lipinski definition) is 1. The maximum atomic E-state index is 12.4. The number of carbonyl (C=O) groups excluding carboxylic acids is 1. The molecule has 0 heterocycles. The van der Waals surface area contributed by atoms with Crippen molar-refractivity contribution in [1.82, 2.24) is 5.32 Å². The second-order valence-electron chi connectivity index (χ2n) is 5.65. The largest absolute Gasteiger partial charge is 0.347 e. The van der Waals surface area contributed by atoms with Gasteiger partial charge in [-0.25, -0.2) is 0 Å². The number of rotatable bonds is 3. The van der Waals surface area contributed by atoms with E-state index in [1.807, 2.05) is 30.3 Å². The Morgan fingerprint density at radius 3 is 2.55 bits per heavy atom. The van der Waals surface area contributed by atoms with Crippen LogP contribution in [0.4, 0.5) is 0 Å². The van der Waals surface area contributed by atoms with Crippen molar-refractivity contribution in [3.8, 4) is 0 Å². The molecule has 0 saturated heterocycles. The van der Waals surface area contributed by atoms with E-state index in [2.05, 4.69) is 34.2 Å². The van der Waals surface area contributed by atoms with Crippen molar-refractivity contribution in [3.63, 3.8) is 0 Å². The van der Waals surface area contributed by atoms with Gasteiger partial charge in [0.1, 0.15) is 0 Å². The highest BCUT2D eigenvalue weighted by molar-refractivity contribution is 9.10. The number of halogens is 1. The minimum Gasteiger partial charge on any atom is -0.347 e. The smallest absolute Gasteiger partial charge is 0.251 e. The van der Waals surface area contributed by atoms with Crippen LogP contribution in [-0.2, 0) is 0 Å². The van der Waals surface area contributed by atoms with Gasteiger partial charge in [0.15, 0.2) is 0 Å². The van der Waals surface area contributed by atoms with E-state index in [-0.39, 0.29) is 11.4 Å². The van der Waals surface area contributed by atoms with Crippen LogP contribution in [0.2, 0.25) is 0 Å². The van der Waals surface area contributed by atoms with Gasteiger partial charge < -0.3 is 5.32 Å². The first kappa shape index (κ1) is 13.6. The lowest BCUT2D eigenvalue weighted by Gasteiger charge is -2.42. The molecule has 3 heteroatoms. The second kappa shape index (κ2) is 5.21. The number of fused-ring (bicyclic) bond motifs is 1. The fourth-order valence-corrected chi connectivity index (χ4v) is 3.22. The van der Waals surface area contributed by atoms with Crippen LogP contribution < -0.4 is 5.32 Å². The van der Waals surface area contributed by atoms with Gasteiger partial charge in [-0.3, -0.25) is 4.79 Å². The zero-order chi connectivity index (χ0) is 14.2. The predicted molar refractivity (Wildman–Crippen MR) is 86.0 cm³/mol. The van der Waals surface area contributed by atoms with E-state index in [0.717, 1.165) is 40.1 Å². The first-order valence-electron chi connectivity index (χ1n) is 7.14. The molecule has 1 saturated carbocycles. The summed E-state index contributed by atoms with van der Waals surface area (Å²) < 4.78 is 1.06. The van der Waals surface area contributed by atoms with Gasteiger partial charge in [0.05, 0.1) is 0 Å². The Balaban J connectivity index is 1.86. The van der Waals surface area contributed by atoms with E-state index in [1.165, 1.54) is 6.42 Å². The van der Waals surface area contributed by atoms with Crippen molar-refractivity contribution < 1.29 is 4.79 Å². The third kappa shape index (κ3) is 2.47. The number of amides is 1. The normalized spacial score (nSPS) is 16.7. The Morgan fingerprint density at radius 2 is 1.90 bits per heavy atom. The van der Waals surface area contributed by atoms with Gasteiger partial charge in [0, 0.05) is 15.6 Å². The molecule has 20 heavy (non-hydrogen) atoms. The van der Waals surface area contributed by atoms with E-state index in [9.17, 15) is 4.79 Å². The molecule has 1 N–H and O–H groups in total. The van der Waals surface area contributed by atoms with Crippen LogP contribution in [0, 0.1) is 0 Å². The summed E-state index contributed by atoms with van der Waals surface area (Å²) in [5.74, 6) is 0.0522. The fourth-order valence-electron chi connectivity index (χ4n) is 2.84. The van der Waals surface area contributed by atoms with Crippen LogP contribution in [0.1, 0.15) is 43.0 Å². The Hall–Kier alpha value is -1.35. The van der Waals surface area contributed by atoms with Gasteiger partial charge in [0.25, 0.3) is 5.91 Å². The Labute approximate surface area is 127 Å². The molecular weight excluding hydrogens is 314 g/mol. The molecule has 104 valence electrons. The molecule has 0 bridgehead atoms. The number of nitrogens with one attached hydrogen (secondary N) is 1. The summed E-state index contributed by atoms with van der Waals surface area (Å²) in [5.41, 5.74) is 0.797. The Morgan fingerprint density at radius 1 is 1.20 bits per heavy atom. The van der Waals surface area contributed by atoms with Gasteiger partial charge in [0.2, 0.25) is 0 Å². The Bertz CT molecular complexity index is 656. The molecule has 0 spiro atoms. The number of benzene rings is 2. The zero-order valence-corrected chi connectivity index (χ0v) is 13.2. The standard InChI is InChI=1S/C17H18BrNO/c1-2-17(8-3-9-17)19-16(20)14-5-4-13-11-15(18)7-6-12(13)10-14/h4-7,10-11H,2-3,8-9H2,1H3,(H,19,20). The highest BCUT2D eigenvalue weighted by Crippen LogP contribution is 2.35. The van der Waals surface area contributed by atoms with E-state index < -0.39 is 0 Å². The van der Waals surface area contributed by atoms with Crippen LogP contribution in [0.5, 0.6) is 0 Å². The summed E-state index contributed by atoms with van der Waals surface area (Å²) in [6, 6.07) is 12.0. The molecular formula is C17H18BrNO. The first-order chi connectivity index (χ1) is 9.62. The molecule has 1 fully saturated rings. The summed E-state index contributed by atoms with van der Waals surface area (Å²) in [6.45, 7) is 2.15. The minimum absolute atomic E-state index is 0.0474. The molecule has 2 aromatic rings. The molecule has 0 aliphatic heterocycles. The van der Waals surface area contributed by atoms with Crippen molar-refractivity contribution in [3.05, 3.63) is 46.4 Å². The third-order valence-electron chi connectivity index (χ3n) is 4.43. The first-order valence-corrected chi connectivity index (χ1v) is 7.93. The van der Waals surface area contributed by atoms with Gasteiger partial charge in [-0.05, 0) is 60.7 Å². The molecule has 0 aromatic heterocycles. The van der Waals surface area contributed by atoms with Crippen molar-refractivity contribution in [2.75, 3.05) is 0 Å². The summed E-state index contributed by atoms with van der Waals surface area (Å²) in [6.07, 6.45) is 4.45. The van der Waals surface area contributed by atoms with Gasteiger partial charge in [-0.15, -0.1) is 0 Å². The molecule has 1 aliphatic carbocycles. The average Bonchev–Trinajstić information content (AvgIpc) is 2.42. The number of hydrogen-bond donors (Lipinski definition) is 1. The maximum absolute atomic E-state index is 12.4. The lowest BCUT2D eigenvalue weighted by atomic mass is 9.74. The molecule has 3 rings (SSSR count). The highest BCUT2D eigenvalue weighted by Gasteiger charge is 2.36. The van der Waals surface area contributed by atoms with Gasteiger partial charge >= 0.3 is 0 Å². The average molecular weight is 332 g/mol.